The van der Waals surface area contributed by atoms with Gasteiger partial charge in [0.15, 0.2) is 0 Å². The van der Waals surface area contributed by atoms with Crippen LogP contribution in [-0.2, 0) is 9.53 Å². The number of ether oxygens (including phenoxy) is 1. The van der Waals surface area contributed by atoms with Crippen molar-refractivity contribution in [2.45, 2.75) is 51.2 Å². The fraction of sp³-hybridized carbons (Fsp3) is 0.923. The van der Waals surface area contributed by atoms with E-state index in [9.17, 15) is 4.79 Å². The zero-order chi connectivity index (χ0) is 12.1. The molecule has 0 aromatic carbocycles. The van der Waals surface area contributed by atoms with E-state index in [1.165, 1.54) is 12.8 Å². The lowest BCUT2D eigenvalue weighted by Gasteiger charge is -2.32. The Hall–Kier alpha value is -0.320. The molecule has 2 saturated heterocycles. The van der Waals surface area contributed by atoms with Crippen LogP contribution in [0.15, 0.2) is 0 Å². The first-order chi connectivity index (χ1) is 8.25. The molecule has 2 fully saturated rings. The average Bonchev–Trinajstić information content (AvgIpc) is 2.37. The molecule has 18 heavy (non-hydrogen) atoms. The lowest BCUT2D eigenvalue weighted by atomic mass is 10.0. The van der Waals surface area contributed by atoms with Crippen LogP contribution in [0, 0.1) is 0 Å². The summed E-state index contributed by atoms with van der Waals surface area (Å²) in [7, 11) is 0. The van der Waals surface area contributed by atoms with Gasteiger partial charge < -0.3 is 15.0 Å². The molecule has 0 spiro atoms. The molecular weight excluding hydrogens is 252 g/mol. The van der Waals surface area contributed by atoms with E-state index in [-0.39, 0.29) is 12.4 Å². The highest BCUT2D eigenvalue weighted by atomic mass is 35.5. The zero-order valence-electron chi connectivity index (χ0n) is 11.2. The van der Waals surface area contributed by atoms with Crippen LogP contribution in [0.5, 0.6) is 0 Å². The molecule has 2 aliphatic heterocycles. The minimum atomic E-state index is 0. The maximum atomic E-state index is 12.0. The van der Waals surface area contributed by atoms with Gasteiger partial charge in [-0.2, -0.15) is 0 Å². The van der Waals surface area contributed by atoms with E-state index in [0.29, 0.717) is 24.5 Å². The number of nitrogens with one attached hydrogen (secondary N) is 1. The average molecular weight is 277 g/mol. The summed E-state index contributed by atoms with van der Waals surface area (Å²) in [5.74, 6) is 0.299. The van der Waals surface area contributed by atoms with Gasteiger partial charge >= 0.3 is 0 Å². The lowest BCUT2D eigenvalue weighted by molar-refractivity contribution is -0.133. The summed E-state index contributed by atoms with van der Waals surface area (Å²) in [6.07, 6.45) is 5.44. The highest BCUT2D eigenvalue weighted by Crippen LogP contribution is 2.17. The molecule has 106 valence electrons. The van der Waals surface area contributed by atoms with Crippen molar-refractivity contribution in [3.8, 4) is 0 Å². The maximum Gasteiger partial charge on any atom is 0.222 e. The normalized spacial score (nSPS) is 28.6. The Kier molecular flexibility index (Phi) is 6.97. The molecule has 1 amide bonds. The van der Waals surface area contributed by atoms with Crippen molar-refractivity contribution in [1.82, 2.24) is 10.2 Å². The molecule has 2 aliphatic rings. The van der Waals surface area contributed by atoms with E-state index in [1.807, 2.05) is 4.90 Å². The summed E-state index contributed by atoms with van der Waals surface area (Å²) < 4.78 is 5.65. The predicted octanol–water partition coefficient (Wildman–Crippen LogP) is 1.58. The first-order valence-electron chi connectivity index (χ1n) is 6.88. The fourth-order valence-corrected chi connectivity index (χ4v) is 2.64. The van der Waals surface area contributed by atoms with Crippen molar-refractivity contribution in [2.24, 2.45) is 0 Å². The number of piperazine rings is 1. The van der Waals surface area contributed by atoms with Gasteiger partial charge in [0.1, 0.15) is 0 Å². The summed E-state index contributed by atoms with van der Waals surface area (Å²) in [6, 6.07) is 0.429. The molecule has 0 aromatic rings. The Morgan fingerprint density at radius 1 is 1.44 bits per heavy atom. The van der Waals surface area contributed by atoms with Crippen molar-refractivity contribution in [2.75, 3.05) is 26.2 Å². The molecule has 0 aliphatic carbocycles. The molecule has 2 heterocycles. The Bertz CT molecular complexity index is 257. The quantitative estimate of drug-likeness (QED) is 0.851. The Balaban J connectivity index is 0.00000162. The summed E-state index contributed by atoms with van der Waals surface area (Å²) in [5.41, 5.74) is 0. The van der Waals surface area contributed by atoms with Crippen LogP contribution in [0.25, 0.3) is 0 Å². The second-order valence-electron chi connectivity index (χ2n) is 5.22. The van der Waals surface area contributed by atoms with E-state index in [0.717, 1.165) is 39.1 Å². The van der Waals surface area contributed by atoms with Crippen LogP contribution >= 0.6 is 12.4 Å². The van der Waals surface area contributed by atoms with Gasteiger partial charge in [0.25, 0.3) is 0 Å². The van der Waals surface area contributed by atoms with Gasteiger partial charge in [0.05, 0.1) is 6.10 Å². The monoisotopic (exact) mass is 276 g/mol. The standard InChI is InChI=1S/C13H24N2O2.ClH/c1-11-10-15(8-7-14-11)13(16)6-5-12-4-2-3-9-17-12;/h11-12,14H,2-10H2,1H3;1H. The van der Waals surface area contributed by atoms with E-state index < -0.39 is 0 Å². The third-order valence-corrected chi connectivity index (χ3v) is 3.68. The van der Waals surface area contributed by atoms with Crippen LogP contribution in [0.1, 0.15) is 39.0 Å². The molecule has 0 radical (unpaired) electrons. The molecule has 2 unspecified atom stereocenters. The zero-order valence-corrected chi connectivity index (χ0v) is 12.0. The third-order valence-electron chi connectivity index (χ3n) is 3.68. The molecule has 4 nitrogen and oxygen atoms in total. The van der Waals surface area contributed by atoms with Crippen LogP contribution < -0.4 is 5.32 Å². The van der Waals surface area contributed by atoms with Crippen molar-refractivity contribution < 1.29 is 9.53 Å². The number of carbonyl (C=O) groups is 1. The first-order valence-corrected chi connectivity index (χ1v) is 6.88. The van der Waals surface area contributed by atoms with Crippen LogP contribution in [0.4, 0.5) is 0 Å². The van der Waals surface area contributed by atoms with Gasteiger partial charge in [-0.3, -0.25) is 4.79 Å². The molecule has 5 heteroatoms. The van der Waals surface area contributed by atoms with Gasteiger partial charge in [-0.25, -0.2) is 0 Å². The van der Waals surface area contributed by atoms with Gasteiger partial charge in [-0.15, -0.1) is 12.4 Å². The van der Waals surface area contributed by atoms with Gasteiger partial charge in [-0.05, 0) is 32.6 Å². The van der Waals surface area contributed by atoms with Crippen LogP contribution in [0.2, 0.25) is 0 Å². The Morgan fingerprint density at radius 3 is 2.94 bits per heavy atom. The van der Waals surface area contributed by atoms with Gasteiger partial charge in [0.2, 0.25) is 5.91 Å². The number of halogens is 1. The smallest absolute Gasteiger partial charge is 0.222 e. The Labute approximate surface area is 116 Å². The summed E-state index contributed by atoms with van der Waals surface area (Å²) >= 11 is 0. The molecule has 0 bridgehead atoms. The SMILES string of the molecule is CC1CN(C(=O)CCC2CCCCO2)CCN1.Cl. The second-order valence-corrected chi connectivity index (χ2v) is 5.22. The van der Waals surface area contributed by atoms with Gasteiger partial charge in [0, 0.05) is 38.7 Å². The van der Waals surface area contributed by atoms with E-state index in [2.05, 4.69) is 12.2 Å². The molecule has 2 atom stereocenters. The number of carbonyl (C=O) groups excluding carboxylic acids is 1. The highest BCUT2D eigenvalue weighted by Gasteiger charge is 2.22. The summed E-state index contributed by atoms with van der Waals surface area (Å²) in [6.45, 7) is 5.64. The molecule has 2 rings (SSSR count). The number of hydrogen-bond acceptors (Lipinski definition) is 3. The number of hydrogen-bond donors (Lipinski definition) is 1. The summed E-state index contributed by atoms with van der Waals surface area (Å²) in [5, 5.41) is 3.35. The first kappa shape index (κ1) is 15.7. The second kappa shape index (κ2) is 7.97. The van der Waals surface area contributed by atoms with Crippen molar-refractivity contribution in [3.63, 3.8) is 0 Å². The minimum Gasteiger partial charge on any atom is -0.378 e. The van der Waals surface area contributed by atoms with E-state index in [4.69, 9.17) is 4.74 Å². The molecule has 1 N–H and O–H groups in total. The number of amides is 1. The third kappa shape index (κ3) is 4.75. The predicted molar refractivity (Wildman–Crippen MR) is 74.1 cm³/mol. The topological polar surface area (TPSA) is 41.6 Å². The van der Waals surface area contributed by atoms with Crippen LogP contribution in [0.3, 0.4) is 0 Å². The Morgan fingerprint density at radius 2 is 2.28 bits per heavy atom. The summed E-state index contributed by atoms with van der Waals surface area (Å²) in [4.78, 5) is 14.0. The molecule has 0 aromatic heterocycles. The lowest BCUT2D eigenvalue weighted by Crippen LogP contribution is -2.51. The molecular formula is C13H25ClN2O2. The maximum absolute atomic E-state index is 12.0. The fourth-order valence-electron chi connectivity index (χ4n) is 2.64. The molecule has 0 saturated carbocycles. The minimum absolute atomic E-state index is 0. The largest absolute Gasteiger partial charge is 0.378 e. The number of nitrogens with zero attached hydrogens (tertiary/aromatic N) is 1. The van der Waals surface area contributed by atoms with Crippen molar-refractivity contribution in [1.29, 1.82) is 0 Å². The number of rotatable bonds is 3. The van der Waals surface area contributed by atoms with Gasteiger partial charge in [-0.1, -0.05) is 0 Å². The van der Waals surface area contributed by atoms with E-state index >= 15 is 0 Å². The van der Waals surface area contributed by atoms with Crippen molar-refractivity contribution >= 4 is 18.3 Å². The van der Waals surface area contributed by atoms with E-state index in [1.54, 1.807) is 0 Å². The van der Waals surface area contributed by atoms with Crippen LogP contribution in [-0.4, -0.2) is 49.2 Å². The highest BCUT2D eigenvalue weighted by molar-refractivity contribution is 5.85. The van der Waals surface area contributed by atoms with Crippen molar-refractivity contribution in [3.05, 3.63) is 0 Å².